The number of amides is 2. The normalized spacial score (nSPS) is 9.57. The van der Waals surface area contributed by atoms with Gasteiger partial charge in [0.1, 0.15) is 0 Å². The van der Waals surface area contributed by atoms with Gasteiger partial charge in [0.25, 0.3) is 0 Å². The Bertz CT molecular complexity index is 215. The van der Waals surface area contributed by atoms with Crippen LogP contribution in [0.2, 0.25) is 0 Å². The molecule has 0 aliphatic carbocycles. The fraction of sp³-hybridized carbons (Fsp3) is 0.500. The van der Waals surface area contributed by atoms with Crippen LogP contribution in [0.1, 0.15) is 6.42 Å². The molecule has 0 rings (SSSR count). The largest absolute Gasteiger partial charge is 0.453 e. The summed E-state index contributed by atoms with van der Waals surface area (Å²) in [7, 11) is 2.58. The number of rotatable bonds is 4. The fourth-order valence-corrected chi connectivity index (χ4v) is 0.599. The van der Waals surface area contributed by atoms with Crippen molar-refractivity contribution in [3.63, 3.8) is 0 Å². The zero-order chi connectivity index (χ0) is 10.8. The van der Waals surface area contributed by atoms with Gasteiger partial charge < -0.3 is 14.8 Å². The van der Waals surface area contributed by atoms with Crippen LogP contribution in [0.3, 0.4) is 0 Å². The molecular weight excluding hydrogens is 188 g/mol. The van der Waals surface area contributed by atoms with Crippen molar-refractivity contribution in [3.8, 4) is 0 Å². The molecule has 0 saturated heterocycles. The summed E-state index contributed by atoms with van der Waals surface area (Å²) in [6, 6.07) is 0. The SMILES string of the molecule is COC(=O)NC=CCCNC(=O)OC. The molecule has 2 amide bonds. The van der Waals surface area contributed by atoms with E-state index in [1.165, 1.54) is 20.4 Å². The lowest BCUT2D eigenvalue weighted by Crippen LogP contribution is -2.23. The lowest BCUT2D eigenvalue weighted by atomic mass is 10.4. The number of alkyl carbamates (subject to hydrolysis) is 2. The lowest BCUT2D eigenvalue weighted by molar-refractivity contribution is 0.171. The highest BCUT2D eigenvalue weighted by Crippen LogP contribution is 1.80. The molecule has 0 spiro atoms. The van der Waals surface area contributed by atoms with E-state index < -0.39 is 12.2 Å². The Morgan fingerprint density at radius 3 is 2.43 bits per heavy atom. The maximum Gasteiger partial charge on any atom is 0.410 e. The van der Waals surface area contributed by atoms with Crippen LogP contribution >= 0.6 is 0 Å². The minimum Gasteiger partial charge on any atom is -0.453 e. The van der Waals surface area contributed by atoms with E-state index in [1.54, 1.807) is 6.08 Å². The van der Waals surface area contributed by atoms with Crippen LogP contribution in [0.4, 0.5) is 9.59 Å². The van der Waals surface area contributed by atoms with Gasteiger partial charge in [0, 0.05) is 12.7 Å². The summed E-state index contributed by atoms with van der Waals surface area (Å²) in [6.07, 6.45) is 2.73. The lowest BCUT2D eigenvalue weighted by Gasteiger charge is -2.00. The van der Waals surface area contributed by atoms with Crippen LogP contribution in [0.5, 0.6) is 0 Å². The Morgan fingerprint density at radius 1 is 1.21 bits per heavy atom. The van der Waals surface area contributed by atoms with E-state index in [1.807, 2.05) is 0 Å². The highest BCUT2D eigenvalue weighted by atomic mass is 16.5. The predicted molar refractivity (Wildman–Crippen MR) is 49.7 cm³/mol. The van der Waals surface area contributed by atoms with Crippen molar-refractivity contribution in [3.05, 3.63) is 12.3 Å². The van der Waals surface area contributed by atoms with Gasteiger partial charge in [-0.15, -0.1) is 0 Å². The van der Waals surface area contributed by atoms with Gasteiger partial charge in [0.2, 0.25) is 0 Å². The summed E-state index contributed by atoms with van der Waals surface area (Å²) in [5.74, 6) is 0. The van der Waals surface area contributed by atoms with Crippen molar-refractivity contribution in [2.24, 2.45) is 0 Å². The van der Waals surface area contributed by atoms with Crippen LogP contribution in [-0.2, 0) is 9.47 Å². The van der Waals surface area contributed by atoms with Gasteiger partial charge in [0.05, 0.1) is 14.2 Å². The third kappa shape index (κ3) is 6.96. The van der Waals surface area contributed by atoms with E-state index in [9.17, 15) is 9.59 Å². The molecule has 0 radical (unpaired) electrons. The summed E-state index contributed by atoms with van der Waals surface area (Å²) < 4.78 is 8.67. The minimum absolute atomic E-state index is 0.450. The molecule has 0 aromatic heterocycles. The molecule has 6 nitrogen and oxygen atoms in total. The third-order valence-corrected chi connectivity index (χ3v) is 1.27. The van der Waals surface area contributed by atoms with Crippen LogP contribution in [0, 0.1) is 0 Å². The number of carbonyl (C=O) groups is 2. The summed E-state index contributed by atoms with van der Waals surface area (Å²) in [4.78, 5) is 21.1. The van der Waals surface area contributed by atoms with E-state index in [0.29, 0.717) is 13.0 Å². The number of nitrogens with one attached hydrogen (secondary N) is 2. The quantitative estimate of drug-likeness (QED) is 0.654. The van der Waals surface area contributed by atoms with Gasteiger partial charge in [-0.1, -0.05) is 6.08 Å². The molecule has 80 valence electrons. The summed E-state index contributed by atoms with van der Waals surface area (Å²) in [5.41, 5.74) is 0. The summed E-state index contributed by atoms with van der Waals surface area (Å²) >= 11 is 0. The van der Waals surface area contributed by atoms with E-state index in [4.69, 9.17) is 0 Å². The molecule has 0 fully saturated rings. The number of hydrogen-bond acceptors (Lipinski definition) is 4. The minimum atomic E-state index is -0.526. The van der Waals surface area contributed by atoms with E-state index in [0.717, 1.165) is 0 Å². The van der Waals surface area contributed by atoms with E-state index in [-0.39, 0.29) is 0 Å². The number of ether oxygens (including phenoxy) is 2. The van der Waals surface area contributed by atoms with E-state index >= 15 is 0 Å². The topological polar surface area (TPSA) is 76.7 Å². The zero-order valence-electron chi connectivity index (χ0n) is 8.20. The smallest absolute Gasteiger partial charge is 0.410 e. The summed E-state index contributed by atoms with van der Waals surface area (Å²) in [6.45, 7) is 0.450. The zero-order valence-corrected chi connectivity index (χ0v) is 8.20. The van der Waals surface area contributed by atoms with Crippen LogP contribution in [0.25, 0.3) is 0 Å². The average molecular weight is 202 g/mol. The molecule has 0 heterocycles. The molecule has 2 N–H and O–H groups in total. The standard InChI is InChI=1S/C8H14N2O4/c1-13-7(11)9-5-3-4-6-10-8(12)14-2/h3,5H,4,6H2,1-2H3,(H,9,11)(H,10,12). The molecule has 0 saturated carbocycles. The molecule has 0 atom stereocenters. The maximum atomic E-state index is 10.6. The Hall–Kier alpha value is -1.72. The second kappa shape index (κ2) is 7.90. The number of methoxy groups -OCH3 is 2. The number of carbonyl (C=O) groups excluding carboxylic acids is 2. The molecule has 0 aromatic rings. The Kier molecular flexibility index (Phi) is 6.93. The van der Waals surface area contributed by atoms with Crippen molar-refractivity contribution in [2.75, 3.05) is 20.8 Å². The van der Waals surface area contributed by atoms with Gasteiger partial charge in [0.15, 0.2) is 0 Å². The van der Waals surface area contributed by atoms with Crippen molar-refractivity contribution in [2.45, 2.75) is 6.42 Å². The molecule has 14 heavy (non-hydrogen) atoms. The summed E-state index contributed by atoms with van der Waals surface area (Å²) in [5, 5.41) is 4.83. The first-order valence-corrected chi connectivity index (χ1v) is 4.02. The Labute approximate surface area is 82.3 Å². The first-order valence-electron chi connectivity index (χ1n) is 4.02. The molecule has 6 heteroatoms. The Morgan fingerprint density at radius 2 is 1.86 bits per heavy atom. The monoisotopic (exact) mass is 202 g/mol. The molecule has 0 aliphatic heterocycles. The van der Waals surface area contributed by atoms with Crippen LogP contribution < -0.4 is 10.6 Å². The van der Waals surface area contributed by atoms with Gasteiger partial charge >= 0.3 is 12.2 Å². The van der Waals surface area contributed by atoms with Crippen LogP contribution in [0.15, 0.2) is 12.3 Å². The van der Waals surface area contributed by atoms with Gasteiger partial charge in [-0.05, 0) is 6.42 Å². The van der Waals surface area contributed by atoms with Crippen molar-refractivity contribution < 1.29 is 19.1 Å². The molecule has 0 aliphatic rings. The molecular formula is C8H14N2O4. The fourth-order valence-electron chi connectivity index (χ4n) is 0.599. The van der Waals surface area contributed by atoms with Crippen molar-refractivity contribution in [1.82, 2.24) is 10.6 Å². The Balaban J connectivity index is 3.36. The maximum absolute atomic E-state index is 10.6. The molecule has 0 bridgehead atoms. The van der Waals surface area contributed by atoms with E-state index in [2.05, 4.69) is 20.1 Å². The van der Waals surface area contributed by atoms with Crippen molar-refractivity contribution >= 4 is 12.2 Å². The second-order valence-corrected chi connectivity index (χ2v) is 2.25. The third-order valence-electron chi connectivity index (χ3n) is 1.27. The van der Waals surface area contributed by atoms with Gasteiger partial charge in [-0.3, -0.25) is 5.32 Å². The predicted octanol–water partition coefficient (Wildman–Crippen LogP) is 0.602. The molecule has 0 unspecified atom stereocenters. The van der Waals surface area contributed by atoms with Crippen molar-refractivity contribution in [1.29, 1.82) is 0 Å². The first kappa shape index (κ1) is 12.3. The highest BCUT2D eigenvalue weighted by molar-refractivity contribution is 5.68. The first-order chi connectivity index (χ1) is 6.70. The second-order valence-electron chi connectivity index (χ2n) is 2.25. The van der Waals surface area contributed by atoms with Crippen LogP contribution in [-0.4, -0.2) is 33.0 Å². The number of hydrogen-bond donors (Lipinski definition) is 2. The van der Waals surface area contributed by atoms with Gasteiger partial charge in [-0.2, -0.15) is 0 Å². The average Bonchev–Trinajstić information content (AvgIpc) is 2.22. The highest BCUT2D eigenvalue weighted by Gasteiger charge is 1.94. The van der Waals surface area contributed by atoms with Gasteiger partial charge in [-0.25, -0.2) is 9.59 Å². The molecule has 0 aromatic carbocycles.